The molecule has 3 aromatic rings. The first-order chi connectivity index (χ1) is 19.0. The molecule has 1 atom stereocenters. The predicted molar refractivity (Wildman–Crippen MR) is 136 cm³/mol. The smallest absolute Gasteiger partial charge is 0.490 e. The second-order valence-corrected chi connectivity index (χ2v) is 8.48. The van der Waals surface area contributed by atoms with Crippen LogP contribution in [0.1, 0.15) is 15.9 Å². The minimum absolute atomic E-state index is 0.176. The third-order valence-electron chi connectivity index (χ3n) is 5.72. The Balaban J connectivity index is 0.000000559. The zero-order chi connectivity index (χ0) is 29.3. The van der Waals surface area contributed by atoms with Gasteiger partial charge in [0.2, 0.25) is 5.91 Å². The second kappa shape index (κ2) is 13.5. The molecule has 214 valence electrons. The summed E-state index contributed by atoms with van der Waals surface area (Å²) >= 11 is 0. The lowest BCUT2D eigenvalue weighted by molar-refractivity contribution is -0.192. The number of hydrogen-bond acceptors (Lipinski definition) is 7. The number of aromatic nitrogens is 2. The van der Waals surface area contributed by atoms with Crippen molar-refractivity contribution in [2.45, 2.75) is 12.6 Å². The number of hydrogen-bond donors (Lipinski definition) is 4. The number of aromatic amines is 1. The number of alkyl halides is 3. The van der Waals surface area contributed by atoms with Crippen molar-refractivity contribution >= 4 is 23.5 Å². The highest BCUT2D eigenvalue weighted by Crippen LogP contribution is 2.32. The van der Waals surface area contributed by atoms with E-state index in [1.807, 2.05) is 12.1 Å². The minimum atomic E-state index is -5.08. The standard InChI is InChI=1S/C24H26N4O5.C2HF3O2/c1-31-8-7-25-23(29)16-4-6-21-17(9-16)10-18(14-33-21)24(30)28-20-5-3-15(11-22(20)32-2)19-12-26-27-13-19;3-2(4,5)1(6)7/h3-6,9,11-13,18H,7-8,10,14H2,1-2H3,(H,25,29)(H,26,27)(H,28,30);(H,6,7). The number of nitrogens with zero attached hydrogens (tertiary/aromatic N) is 1. The molecule has 1 aliphatic heterocycles. The number of rotatable bonds is 8. The van der Waals surface area contributed by atoms with Crippen LogP contribution < -0.4 is 20.1 Å². The first-order valence-electron chi connectivity index (χ1n) is 11.8. The maximum absolute atomic E-state index is 13.0. The van der Waals surface area contributed by atoms with Crippen LogP contribution in [0.4, 0.5) is 18.9 Å². The van der Waals surface area contributed by atoms with Crippen LogP contribution in [0.5, 0.6) is 11.5 Å². The number of aliphatic carboxylic acids is 1. The Kier molecular flexibility index (Phi) is 10.1. The highest BCUT2D eigenvalue weighted by atomic mass is 19.4. The van der Waals surface area contributed by atoms with E-state index in [9.17, 15) is 22.8 Å². The number of ether oxygens (including phenoxy) is 3. The molecular formula is C26H27F3N4O7. The molecule has 1 aromatic heterocycles. The predicted octanol–water partition coefficient (Wildman–Crippen LogP) is 3.28. The van der Waals surface area contributed by atoms with Crippen LogP contribution >= 0.6 is 0 Å². The van der Waals surface area contributed by atoms with E-state index in [1.165, 1.54) is 0 Å². The molecule has 0 saturated carbocycles. The third-order valence-corrected chi connectivity index (χ3v) is 5.72. The fourth-order valence-electron chi connectivity index (χ4n) is 3.69. The van der Waals surface area contributed by atoms with Crippen LogP contribution in [0.15, 0.2) is 48.8 Å². The molecular weight excluding hydrogens is 537 g/mol. The Morgan fingerprint density at radius 1 is 1.15 bits per heavy atom. The highest BCUT2D eigenvalue weighted by Gasteiger charge is 2.38. The number of anilines is 1. The van der Waals surface area contributed by atoms with Crippen LogP contribution in [0.2, 0.25) is 0 Å². The Labute approximate surface area is 226 Å². The maximum Gasteiger partial charge on any atom is 0.490 e. The Bertz CT molecular complexity index is 1330. The minimum Gasteiger partial charge on any atom is -0.495 e. The zero-order valence-corrected chi connectivity index (χ0v) is 21.5. The summed E-state index contributed by atoms with van der Waals surface area (Å²) < 4.78 is 48.0. The maximum atomic E-state index is 13.0. The molecule has 1 aliphatic rings. The molecule has 0 radical (unpaired) electrons. The van der Waals surface area contributed by atoms with Crippen molar-refractivity contribution in [3.63, 3.8) is 0 Å². The van der Waals surface area contributed by atoms with Gasteiger partial charge < -0.3 is 30.0 Å². The van der Waals surface area contributed by atoms with E-state index < -0.39 is 18.1 Å². The molecule has 2 aromatic carbocycles. The number of carbonyl (C=O) groups is 3. The highest BCUT2D eigenvalue weighted by molar-refractivity contribution is 5.96. The van der Waals surface area contributed by atoms with Gasteiger partial charge in [0, 0.05) is 31.0 Å². The Morgan fingerprint density at radius 3 is 2.52 bits per heavy atom. The van der Waals surface area contributed by atoms with Crippen LogP contribution in [0.3, 0.4) is 0 Å². The summed E-state index contributed by atoms with van der Waals surface area (Å²) in [5.74, 6) is -2.28. The van der Waals surface area contributed by atoms with E-state index in [1.54, 1.807) is 50.9 Å². The van der Waals surface area contributed by atoms with E-state index in [0.29, 0.717) is 42.3 Å². The van der Waals surface area contributed by atoms with E-state index in [4.69, 9.17) is 24.1 Å². The van der Waals surface area contributed by atoms with Gasteiger partial charge >= 0.3 is 12.1 Å². The van der Waals surface area contributed by atoms with E-state index in [-0.39, 0.29) is 18.4 Å². The molecule has 14 heteroatoms. The molecule has 2 amide bonds. The fourth-order valence-corrected chi connectivity index (χ4v) is 3.69. The second-order valence-electron chi connectivity index (χ2n) is 8.48. The summed E-state index contributed by atoms with van der Waals surface area (Å²) in [4.78, 5) is 34.2. The Hall–Kier alpha value is -4.59. The summed E-state index contributed by atoms with van der Waals surface area (Å²) in [5.41, 5.74) is 3.76. The normalized spacial score (nSPS) is 14.1. The van der Waals surface area contributed by atoms with Crippen LogP contribution in [-0.4, -0.2) is 73.2 Å². The zero-order valence-electron chi connectivity index (χ0n) is 21.5. The summed E-state index contributed by atoms with van der Waals surface area (Å²) in [6.07, 6.45) is -1.11. The van der Waals surface area contributed by atoms with Crippen molar-refractivity contribution < 1.29 is 46.9 Å². The van der Waals surface area contributed by atoms with Crippen molar-refractivity contribution in [3.8, 4) is 22.6 Å². The molecule has 2 heterocycles. The number of H-pyrrole nitrogens is 1. The average molecular weight is 565 g/mol. The number of benzene rings is 2. The lowest BCUT2D eigenvalue weighted by Crippen LogP contribution is -2.33. The van der Waals surface area contributed by atoms with Gasteiger partial charge in [-0.1, -0.05) is 6.07 Å². The van der Waals surface area contributed by atoms with Gasteiger partial charge in [-0.25, -0.2) is 4.79 Å². The first kappa shape index (κ1) is 30.0. The number of amides is 2. The molecule has 4 rings (SSSR count). The molecule has 11 nitrogen and oxygen atoms in total. The summed E-state index contributed by atoms with van der Waals surface area (Å²) in [5, 5.41) is 19.6. The lowest BCUT2D eigenvalue weighted by Gasteiger charge is -2.25. The SMILES string of the molecule is COCCNC(=O)c1ccc2c(c1)CC(C(=O)Nc1ccc(-c3cn[nH]c3)cc1OC)CO2.O=C(O)C(F)(F)F. The van der Waals surface area contributed by atoms with Crippen LogP contribution in [0.25, 0.3) is 11.1 Å². The largest absolute Gasteiger partial charge is 0.495 e. The van der Waals surface area contributed by atoms with Crippen molar-refractivity contribution in [1.82, 2.24) is 15.5 Å². The number of nitrogens with one attached hydrogen (secondary N) is 3. The van der Waals surface area contributed by atoms with Gasteiger partial charge in [0.1, 0.15) is 18.1 Å². The Morgan fingerprint density at radius 2 is 1.90 bits per heavy atom. The van der Waals surface area contributed by atoms with Gasteiger partial charge in [-0.3, -0.25) is 14.7 Å². The monoisotopic (exact) mass is 564 g/mol. The summed E-state index contributed by atoms with van der Waals surface area (Å²) in [6, 6.07) is 10.8. The topological polar surface area (TPSA) is 152 Å². The van der Waals surface area contributed by atoms with Gasteiger partial charge in [0.15, 0.2) is 0 Å². The fraction of sp³-hybridized carbons (Fsp3) is 0.308. The molecule has 1 unspecified atom stereocenters. The number of methoxy groups -OCH3 is 2. The molecule has 0 aliphatic carbocycles. The lowest BCUT2D eigenvalue weighted by atomic mass is 9.94. The summed E-state index contributed by atoms with van der Waals surface area (Å²) in [7, 11) is 3.14. The number of fused-ring (bicyclic) bond motifs is 1. The first-order valence-corrected chi connectivity index (χ1v) is 11.8. The quantitative estimate of drug-likeness (QED) is 0.304. The van der Waals surface area contributed by atoms with Gasteiger partial charge in [0.25, 0.3) is 5.91 Å². The third kappa shape index (κ3) is 7.96. The molecule has 0 spiro atoms. The average Bonchev–Trinajstić information content (AvgIpc) is 3.47. The summed E-state index contributed by atoms with van der Waals surface area (Å²) in [6.45, 7) is 1.12. The molecule has 0 fully saturated rings. The molecule has 0 saturated heterocycles. The van der Waals surface area contributed by atoms with Crippen molar-refractivity contribution in [1.29, 1.82) is 0 Å². The molecule has 4 N–H and O–H groups in total. The van der Waals surface area contributed by atoms with Crippen LogP contribution in [0, 0.1) is 5.92 Å². The van der Waals surface area contributed by atoms with E-state index in [2.05, 4.69) is 20.8 Å². The molecule has 0 bridgehead atoms. The van der Waals surface area contributed by atoms with Gasteiger partial charge in [0.05, 0.1) is 31.5 Å². The number of carboxylic acid groups (broad SMARTS) is 1. The van der Waals surface area contributed by atoms with E-state index >= 15 is 0 Å². The van der Waals surface area contributed by atoms with Crippen molar-refractivity contribution in [2.75, 3.05) is 39.3 Å². The molecule has 40 heavy (non-hydrogen) atoms. The number of carboxylic acids is 1. The van der Waals surface area contributed by atoms with Crippen LogP contribution in [-0.2, 0) is 20.7 Å². The van der Waals surface area contributed by atoms with Crippen molar-refractivity contribution in [3.05, 3.63) is 59.9 Å². The van der Waals surface area contributed by atoms with Gasteiger partial charge in [-0.05, 0) is 47.9 Å². The van der Waals surface area contributed by atoms with Gasteiger partial charge in [-0.15, -0.1) is 0 Å². The van der Waals surface area contributed by atoms with Crippen molar-refractivity contribution in [2.24, 2.45) is 5.92 Å². The van der Waals surface area contributed by atoms with Gasteiger partial charge in [-0.2, -0.15) is 18.3 Å². The number of carbonyl (C=O) groups excluding carboxylic acids is 2. The van der Waals surface area contributed by atoms with E-state index in [0.717, 1.165) is 16.7 Å². The number of halogens is 3.